The lowest BCUT2D eigenvalue weighted by molar-refractivity contribution is -0.127. The molecule has 0 unspecified atom stereocenters. The van der Waals surface area contributed by atoms with Crippen molar-refractivity contribution in [2.45, 2.75) is 13.0 Å². The van der Waals surface area contributed by atoms with Gasteiger partial charge in [0.15, 0.2) is 12.7 Å². The Hall–Kier alpha value is -3.85. The molecule has 6 nitrogen and oxygen atoms in total. The molecule has 0 saturated heterocycles. The number of carbonyl (C=O) groups excluding carboxylic acids is 1. The zero-order chi connectivity index (χ0) is 19.8. The fourth-order valence-electron chi connectivity index (χ4n) is 2.53. The molecule has 3 rings (SSSR count). The number of fused-ring (bicyclic) bond motifs is 1. The quantitative estimate of drug-likeness (QED) is 0.506. The van der Waals surface area contributed by atoms with E-state index in [1.165, 1.54) is 6.21 Å². The number of rotatable bonds is 7. The van der Waals surface area contributed by atoms with Crippen molar-refractivity contribution >= 4 is 22.9 Å². The fraction of sp³-hybridized carbons (Fsp3) is 0.136. The van der Waals surface area contributed by atoms with Crippen LogP contribution in [0.15, 0.2) is 71.8 Å². The monoisotopic (exact) mass is 373 g/mol. The molecular formula is C22H19N3O3. The SMILES string of the molecule is C[C@H](Oc1ccc2ccccc2c1)C(=O)N/N=C\c1ccc(OCC#N)cc1. The lowest BCUT2D eigenvalue weighted by atomic mass is 10.1. The fourth-order valence-corrected chi connectivity index (χ4v) is 2.53. The Bertz CT molecular complexity index is 1020. The smallest absolute Gasteiger partial charge is 0.280 e. The van der Waals surface area contributed by atoms with Gasteiger partial charge in [0.1, 0.15) is 17.6 Å². The maximum atomic E-state index is 12.2. The molecule has 28 heavy (non-hydrogen) atoms. The van der Waals surface area contributed by atoms with E-state index in [-0.39, 0.29) is 12.5 Å². The number of ether oxygens (including phenoxy) is 2. The molecule has 140 valence electrons. The van der Waals surface area contributed by atoms with Crippen LogP contribution in [0.5, 0.6) is 11.5 Å². The van der Waals surface area contributed by atoms with Crippen LogP contribution < -0.4 is 14.9 Å². The van der Waals surface area contributed by atoms with E-state index in [0.29, 0.717) is 11.5 Å². The number of hydrogen-bond donors (Lipinski definition) is 1. The standard InChI is InChI=1S/C22H19N3O3/c1-16(28-21-11-8-18-4-2-3-5-19(18)14-21)22(26)25-24-15-17-6-9-20(10-7-17)27-13-12-23/h2-11,14-16H,13H2,1H3,(H,25,26)/b24-15-/t16-/m0/s1. The maximum absolute atomic E-state index is 12.2. The van der Waals surface area contributed by atoms with Crippen LogP contribution in [0.2, 0.25) is 0 Å². The Morgan fingerprint density at radius 2 is 1.82 bits per heavy atom. The van der Waals surface area contributed by atoms with Gasteiger partial charge in [-0.3, -0.25) is 4.79 Å². The summed E-state index contributed by atoms with van der Waals surface area (Å²) in [7, 11) is 0. The van der Waals surface area contributed by atoms with Gasteiger partial charge in [0.25, 0.3) is 5.91 Å². The van der Waals surface area contributed by atoms with Crippen molar-refractivity contribution in [2.75, 3.05) is 6.61 Å². The third kappa shape index (κ3) is 5.08. The summed E-state index contributed by atoms with van der Waals surface area (Å²) < 4.78 is 10.9. The molecule has 0 radical (unpaired) electrons. The lowest BCUT2D eigenvalue weighted by Crippen LogP contribution is -2.33. The molecule has 0 aliphatic carbocycles. The predicted octanol–water partition coefficient (Wildman–Crippen LogP) is 3.66. The van der Waals surface area contributed by atoms with E-state index in [4.69, 9.17) is 14.7 Å². The lowest BCUT2D eigenvalue weighted by Gasteiger charge is -2.13. The summed E-state index contributed by atoms with van der Waals surface area (Å²) in [6, 6.07) is 22.6. The van der Waals surface area contributed by atoms with Crippen molar-refractivity contribution in [2.24, 2.45) is 5.10 Å². The first kappa shape index (κ1) is 18.9. The first-order chi connectivity index (χ1) is 13.7. The molecule has 3 aromatic rings. The van der Waals surface area contributed by atoms with Gasteiger partial charge < -0.3 is 9.47 Å². The van der Waals surface area contributed by atoms with Crippen molar-refractivity contribution in [3.63, 3.8) is 0 Å². The van der Waals surface area contributed by atoms with E-state index in [1.807, 2.05) is 48.5 Å². The summed E-state index contributed by atoms with van der Waals surface area (Å²) >= 11 is 0. The average molecular weight is 373 g/mol. The number of amides is 1. The summed E-state index contributed by atoms with van der Waals surface area (Å²) in [5.41, 5.74) is 3.25. The van der Waals surface area contributed by atoms with Gasteiger partial charge in [0.05, 0.1) is 6.21 Å². The van der Waals surface area contributed by atoms with E-state index in [2.05, 4.69) is 10.5 Å². The summed E-state index contributed by atoms with van der Waals surface area (Å²) in [6.45, 7) is 1.67. The minimum absolute atomic E-state index is 0.00140. The van der Waals surface area contributed by atoms with E-state index in [9.17, 15) is 4.79 Å². The highest BCUT2D eigenvalue weighted by atomic mass is 16.5. The van der Waals surface area contributed by atoms with Gasteiger partial charge in [-0.1, -0.05) is 30.3 Å². The highest BCUT2D eigenvalue weighted by Crippen LogP contribution is 2.21. The maximum Gasteiger partial charge on any atom is 0.280 e. The van der Waals surface area contributed by atoms with Crippen LogP contribution in [-0.2, 0) is 4.79 Å². The van der Waals surface area contributed by atoms with E-state index in [1.54, 1.807) is 31.2 Å². The first-order valence-corrected chi connectivity index (χ1v) is 8.74. The van der Waals surface area contributed by atoms with Crippen molar-refractivity contribution in [1.82, 2.24) is 5.43 Å². The summed E-state index contributed by atoms with van der Waals surface area (Å²) in [5, 5.41) is 14.6. The number of hydrazone groups is 1. The van der Waals surface area contributed by atoms with Crippen LogP contribution in [0.3, 0.4) is 0 Å². The highest BCUT2D eigenvalue weighted by molar-refractivity contribution is 5.85. The summed E-state index contributed by atoms with van der Waals surface area (Å²) in [5.74, 6) is 0.872. The average Bonchev–Trinajstić information content (AvgIpc) is 2.73. The molecule has 1 N–H and O–H groups in total. The Balaban J connectivity index is 1.53. The molecule has 0 fully saturated rings. The second-order valence-corrected chi connectivity index (χ2v) is 6.02. The second kappa shape index (κ2) is 9.19. The number of nitrogens with one attached hydrogen (secondary N) is 1. The van der Waals surface area contributed by atoms with Crippen molar-refractivity contribution < 1.29 is 14.3 Å². The highest BCUT2D eigenvalue weighted by Gasteiger charge is 2.14. The molecule has 1 amide bonds. The van der Waals surface area contributed by atoms with Gasteiger partial charge >= 0.3 is 0 Å². The normalized spacial score (nSPS) is 11.7. The first-order valence-electron chi connectivity index (χ1n) is 8.74. The van der Waals surface area contributed by atoms with Gasteiger partial charge in [-0.15, -0.1) is 0 Å². The summed E-state index contributed by atoms with van der Waals surface area (Å²) in [4.78, 5) is 12.2. The van der Waals surface area contributed by atoms with Crippen molar-refractivity contribution in [3.8, 4) is 17.6 Å². The summed E-state index contributed by atoms with van der Waals surface area (Å²) in [6.07, 6.45) is 0.828. The van der Waals surface area contributed by atoms with Gasteiger partial charge in [0.2, 0.25) is 0 Å². The third-order valence-corrected chi connectivity index (χ3v) is 3.97. The number of nitriles is 1. The van der Waals surface area contributed by atoms with Crippen LogP contribution >= 0.6 is 0 Å². The van der Waals surface area contributed by atoms with Gasteiger partial charge in [-0.05, 0) is 59.7 Å². The Morgan fingerprint density at radius 3 is 2.57 bits per heavy atom. The Morgan fingerprint density at radius 1 is 1.11 bits per heavy atom. The molecule has 0 aliphatic heterocycles. The largest absolute Gasteiger partial charge is 0.481 e. The molecule has 0 aliphatic rings. The van der Waals surface area contributed by atoms with Crippen LogP contribution in [0, 0.1) is 11.3 Å². The number of carbonyl (C=O) groups is 1. The second-order valence-electron chi connectivity index (χ2n) is 6.02. The molecule has 0 heterocycles. The van der Waals surface area contributed by atoms with Crippen LogP contribution in [-0.4, -0.2) is 24.8 Å². The number of nitrogens with zero attached hydrogens (tertiary/aromatic N) is 2. The zero-order valence-electron chi connectivity index (χ0n) is 15.3. The molecule has 0 aromatic heterocycles. The minimum Gasteiger partial charge on any atom is -0.481 e. The van der Waals surface area contributed by atoms with Crippen molar-refractivity contribution in [3.05, 3.63) is 72.3 Å². The van der Waals surface area contributed by atoms with Crippen LogP contribution in [0.1, 0.15) is 12.5 Å². The van der Waals surface area contributed by atoms with E-state index >= 15 is 0 Å². The van der Waals surface area contributed by atoms with Crippen LogP contribution in [0.25, 0.3) is 10.8 Å². The van der Waals surface area contributed by atoms with E-state index in [0.717, 1.165) is 16.3 Å². The molecule has 0 saturated carbocycles. The molecule has 0 bridgehead atoms. The number of hydrogen-bond acceptors (Lipinski definition) is 5. The van der Waals surface area contributed by atoms with E-state index < -0.39 is 6.10 Å². The van der Waals surface area contributed by atoms with Crippen molar-refractivity contribution in [1.29, 1.82) is 5.26 Å². The minimum atomic E-state index is -0.694. The molecule has 3 aromatic carbocycles. The topological polar surface area (TPSA) is 83.7 Å². The zero-order valence-corrected chi connectivity index (χ0v) is 15.3. The molecule has 0 spiro atoms. The van der Waals surface area contributed by atoms with Gasteiger partial charge in [-0.25, -0.2) is 5.43 Å². The van der Waals surface area contributed by atoms with Gasteiger partial charge in [-0.2, -0.15) is 10.4 Å². The predicted molar refractivity (Wildman–Crippen MR) is 107 cm³/mol. The van der Waals surface area contributed by atoms with Crippen LogP contribution in [0.4, 0.5) is 0 Å². The molecule has 6 heteroatoms. The number of benzene rings is 3. The third-order valence-electron chi connectivity index (χ3n) is 3.97. The molecule has 1 atom stereocenters. The Labute approximate surface area is 163 Å². The van der Waals surface area contributed by atoms with Gasteiger partial charge in [0, 0.05) is 0 Å². The Kier molecular flexibility index (Phi) is 6.21. The molecular weight excluding hydrogens is 354 g/mol.